The number of aromatic amines is 2. The van der Waals surface area contributed by atoms with Crippen molar-refractivity contribution in [2.75, 3.05) is 68.4 Å². The molecule has 1 spiro atoms. The highest BCUT2D eigenvalue weighted by Gasteiger charge is 2.50. The molecule has 0 bridgehead atoms. The van der Waals surface area contributed by atoms with E-state index in [1.165, 1.54) is 36.4 Å². The summed E-state index contributed by atoms with van der Waals surface area (Å²) >= 11 is 0. The molecule has 16 nitrogen and oxygen atoms in total. The summed E-state index contributed by atoms with van der Waals surface area (Å²) in [5, 5.41) is 14.7. The number of piperazine rings is 1. The standard InChI is InChI=1S/C55H70N10O6S/c1-35(2)42-6-4-5-7-43(42)46-33-64(38-13-24-70-25-14-38)22-23-65(46)40-29-55(30-40)17-20-63(21-18-55)39-8-9-44(47(27-39)71-41-26-37-12-19-57-52(37)59-32-41)53(66)62-72(68,69)48-28-45(56)49(51-50(48)60-34-61-51)58-31-36-10-15-54(3,67)16-11-36/h4-9,12,19,26-28,32,34-36,38,40,46,58,67H,10-11,13-18,20-25,29-31,33,56H2,1-3H3,(H,57,59)(H,60,61)(H,62,66)/t36-,46?,54-. The van der Waals surface area contributed by atoms with E-state index in [1.807, 2.05) is 31.2 Å². The normalized spacial score (nSPS) is 23.7. The Morgan fingerprint density at radius 1 is 0.944 bits per heavy atom. The Kier molecular flexibility index (Phi) is 13.2. The van der Waals surface area contributed by atoms with Crippen LogP contribution in [-0.4, -0.2) is 119 Å². The molecule has 3 saturated heterocycles. The van der Waals surface area contributed by atoms with Crippen molar-refractivity contribution in [3.05, 3.63) is 96.1 Å². The van der Waals surface area contributed by atoms with Crippen LogP contribution >= 0.6 is 0 Å². The van der Waals surface area contributed by atoms with Gasteiger partial charge in [0.2, 0.25) is 0 Å². The number of aliphatic hydroxyl groups is 1. The number of rotatable bonds is 13. The van der Waals surface area contributed by atoms with Crippen molar-refractivity contribution >= 4 is 55.1 Å². The fraction of sp³-hybridized carbons (Fsp3) is 0.509. The Labute approximate surface area is 422 Å². The van der Waals surface area contributed by atoms with Crippen molar-refractivity contribution in [1.82, 2.24) is 34.5 Å². The number of carbonyl (C=O) groups excluding carboxylic acids is 1. The zero-order valence-corrected chi connectivity index (χ0v) is 42.6. The molecule has 7 N–H and O–H groups in total. The van der Waals surface area contributed by atoms with Crippen LogP contribution in [0.1, 0.15) is 118 Å². The monoisotopic (exact) mass is 999 g/mol. The first-order valence-electron chi connectivity index (χ1n) is 26.2. The number of amides is 1. The lowest BCUT2D eigenvalue weighted by molar-refractivity contribution is -0.0751. The van der Waals surface area contributed by atoms with Gasteiger partial charge in [0.15, 0.2) is 0 Å². The molecular weight excluding hydrogens is 929 g/mol. The summed E-state index contributed by atoms with van der Waals surface area (Å²) < 4.78 is 43.0. The van der Waals surface area contributed by atoms with Crippen molar-refractivity contribution in [2.24, 2.45) is 11.3 Å². The van der Waals surface area contributed by atoms with Gasteiger partial charge >= 0.3 is 0 Å². The summed E-state index contributed by atoms with van der Waals surface area (Å²) in [6, 6.07) is 21.1. The number of fused-ring (bicyclic) bond motifs is 2. The van der Waals surface area contributed by atoms with Gasteiger partial charge in [0.1, 0.15) is 27.6 Å². The Balaban J connectivity index is 0.797. The molecule has 5 fully saturated rings. The number of imidazole rings is 1. The SMILES string of the molecule is CC(C)c1ccccc1C1CN(C2CCOCC2)CCN1C1CC2(CCN(c3ccc(C(=O)NS(=O)(=O)c4cc(N)c(NC[C@H]5CC[C@](C)(O)CC5)c5[nH]cnc45)c(Oc4cnc5[nH]ccc5c4)c3)CC2)C1. The lowest BCUT2D eigenvalue weighted by Crippen LogP contribution is -2.61. The minimum absolute atomic E-state index is 0.0494. The lowest BCUT2D eigenvalue weighted by Gasteiger charge is -2.59. The van der Waals surface area contributed by atoms with Gasteiger partial charge in [-0.3, -0.25) is 14.6 Å². The second-order valence-corrected chi connectivity index (χ2v) is 23.7. The molecule has 72 heavy (non-hydrogen) atoms. The van der Waals surface area contributed by atoms with Crippen LogP contribution in [0.2, 0.25) is 0 Å². The van der Waals surface area contributed by atoms with Crippen LogP contribution in [0.5, 0.6) is 11.5 Å². The molecule has 6 heterocycles. The van der Waals surface area contributed by atoms with Crippen molar-refractivity contribution in [3.63, 3.8) is 0 Å². The summed E-state index contributed by atoms with van der Waals surface area (Å²) in [4.78, 5) is 37.1. The quantitative estimate of drug-likeness (QED) is 0.0600. The molecule has 5 aliphatic rings. The smallest absolute Gasteiger partial charge is 0.268 e. The third-order valence-electron chi connectivity index (χ3n) is 16.9. The number of anilines is 3. The summed E-state index contributed by atoms with van der Waals surface area (Å²) in [6.07, 6.45) is 14.7. The van der Waals surface area contributed by atoms with E-state index in [0.717, 1.165) is 95.5 Å². The molecule has 0 radical (unpaired) electrons. The molecule has 1 amide bonds. The zero-order valence-electron chi connectivity index (χ0n) is 41.8. The first-order chi connectivity index (χ1) is 34.7. The number of aromatic nitrogens is 4. The Morgan fingerprint density at radius 3 is 2.50 bits per heavy atom. The maximum Gasteiger partial charge on any atom is 0.268 e. The van der Waals surface area contributed by atoms with Crippen LogP contribution < -0.4 is 25.4 Å². The number of piperidine rings is 1. The number of ether oxygens (including phenoxy) is 2. The van der Waals surface area contributed by atoms with Gasteiger partial charge in [-0.25, -0.2) is 23.1 Å². The minimum Gasteiger partial charge on any atom is -0.455 e. The molecule has 6 aromatic rings. The van der Waals surface area contributed by atoms with Gasteiger partial charge in [-0.15, -0.1) is 0 Å². The van der Waals surface area contributed by atoms with E-state index in [1.54, 1.807) is 18.5 Å². The fourth-order valence-corrected chi connectivity index (χ4v) is 13.8. The van der Waals surface area contributed by atoms with Crippen LogP contribution in [-0.2, 0) is 14.8 Å². The molecule has 382 valence electrons. The van der Waals surface area contributed by atoms with E-state index in [2.05, 4.69) is 82.8 Å². The molecule has 2 saturated carbocycles. The van der Waals surface area contributed by atoms with Gasteiger partial charge in [0.25, 0.3) is 15.9 Å². The molecule has 17 heteroatoms. The van der Waals surface area contributed by atoms with Crippen molar-refractivity contribution in [2.45, 2.75) is 120 Å². The van der Waals surface area contributed by atoms with Crippen molar-refractivity contribution < 1.29 is 27.8 Å². The van der Waals surface area contributed by atoms with Crippen LogP contribution in [0, 0.1) is 11.3 Å². The minimum atomic E-state index is -4.50. The fourth-order valence-electron chi connectivity index (χ4n) is 12.6. The molecule has 3 aliphatic heterocycles. The molecule has 11 rings (SSSR count). The van der Waals surface area contributed by atoms with Crippen LogP contribution in [0.3, 0.4) is 0 Å². The van der Waals surface area contributed by atoms with E-state index in [4.69, 9.17) is 15.2 Å². The van der Waals surface area contributed by atoms with Gasteiger partial charge < -0.3 is 40.5 Å². The summed E-state index contributed by atoms with van der Waals surface area (Å²) in [5.41, 5.74) is 12.1. The van der Waals surface area contributed by atoms with Crippen LogP contribution in [0.15, 0.2) is 84.3 Å². The van der Waals surface area contributed by atoms with E-state index >= 15 is 0 Å². The average Bonchev–Trinajstić information content (AvgIpc) is 4.06. The third kappa shape index (κ3) is 9.77. The van der Waals surface area contributed by atoms with E-state index in [0.29, 0.717) is 71.9 Å². The zero-order chi connectivity index (χ0) is 49.8. The number of pyridine rings is 1. The van der Waals surface area contributed by atoms with Gasteiger partial charge in [-0.1, -0.05) is 38.1 Å². The third-order valence-corrected chi connectivity index (χ3v) is 18.3. The topological polar surface area (TPSA) is 207 Å². The molecule has 3 aromatic heterocycles. The maximum absolute atomic E-state index is 14.3. The number of nitrogens with zero attached hydrogens (tertiary/aromatic N) is 5. The second kappa shape index (κ2) is 19.6. The molecular formula is C55H70N10O6S. The number of hydrogen-bond acceptors (Lipinski definition) is 13. The van der Waals surface area contributed by atoms with E-state index in [-0.39, 0.29) is 32.8 Å². The van der Waals surface area contributed by atoms with Gasteiger partial charge in [0.05, 0.1) is 40.6 Å². The molecule has 1 unspecified atom stereocenters. The molecule has 2 aliphatic carbocycles. The number of nitrogens with one attached hydrogen (secondary N) is 4. The summed E-state index contributed by atoms with van der Waals surface area (Å²) in [6.45, 7) is 13.8. The number of H-pyrrole nitrogens is 2. The highest BCUT2D eigenvalue weighted by molar-refractivity contribution is 7.90. The summed E-state index contributed by atoms with van der Waals surface area (Å²) in [5.74, 6) is 0.540. The highest BCUT2D eigenvalue weighted by atomic mass is 32.2. The van der Waals surface area contributed by atoms with E-state index < -0.39 is 21.5 Å². The number of benzene rings is 3. The van der Waals surface area contributed by atoms with Crippen molar-refractivity contribution in [1.29, 1.82) is 0 Å². The van der Waals surface area contributed by atoms with Crippen LogP contribution in [0.4, 0.5) is 17.1 Å². The number of nitrogens with two attached hydrogens (primary N) is 1. The van der Waals surface area contributed by atoms with Gasteiger partial charge in [0, 0.05) is 93.9 Å². The number of nitrogen functional groups attached to an aromatic ring is 1. The Morgan fingerprint density at radius 2 is 1.72 bits per heavy atom. The number of carbonyl (C=O) groups is 1. The molecule has 3 aromatic carbocycles. The Bertz CT molecular complexity index is 3030. The van der Waals surface area contributed by atoms with Crippen LogP contribution in [0.25, 0.3) is 22.1 Å². The van der Waals surface area contributed by atoms with E-state index in [9.17, 15) is 18.3 Å². The highest BCUT2D eigenvalue weighted by Crippen LogP contribution is 2.53. The predicted molar refractivity (Wildman–Crippen MR) is 281 cm³/mol. The van der Waals surface area contributed by atoms with Gasteiger partial charge in [-0.05, 0) is 130 Å². The first-order valence-corrected chi connectivity index (χ1v) is 27.7. The summed E-state index contributed by atoms with van der Waals surface area (Å²) in [7, 11) is -4.50. The number of sulfonamides is 1. The van der Waals surface area contributed by atoms with Gasteiger partial charge in [-0.2, -0.15) is 0 Å². The number of hydrogen-bond donors (Lipinski definition) is 6. The second-order valence-electron chi connectivity index (χ2n) is 22.0. The largest absolute Gasteiger partial charge is 0.455 e. The first kappa shape index (κ1) is 48.5. The maximum atomic E-state index is 14.3. The Hall–Kier alpha value is -5.72. The lowest BCUT2D eigenvalue weighted by atomic mass is 9.59. The van der Waals surface area contributed by atoms with Crippen molar-refractivity contribution in [3.8, 4) is 11.5 Å². The predicted octanol–water partition coefficient (Wildman–Crippen LogP) is 8.70. The molecule has 1 atom stereocenters. The average molecular weight is 999 g/mol.